The number of hydrogen-bond acceptors (Lipinski definition) is 3. The highest BCUT2D eigenvalue weighted by Gasteiger charge is 2.23. The molecular formula is C21H28N2O3S. The number of carbonyl (C=O) groups is 1. The Hall–Kier alpha value is -2.34. The summed E-state index contributed by atoms with van der Waals surface area (Å²) < 4.78 is 28.7. The van der Waals surface area contributed by atoms with E-state index in [4.69, 9.17) is 0 Å². The lowest BCUT2D eigenvalue weighted by molar-refractivity contribution is -0.127. The molecule has 27 heavy (non-hydrogen) atoms. The Balaban J connectivity index is 2.34. The molecule has 0 bridgehead atoms. The topological polar surface area (TPSA) is 66.5 Å². The minimum absolute atomic E-state index is 0.000172. The van der Waals surface area contributed by atoms with E-state index < -0.39 is 10.0 Å². The number of rotatable bonds is 5. The number of benzene rings is 2. The zero-order chi connectivity index (χ0) is 20.5. The van der Waals surface area contributed by atoms with Crippen LogP contribution in [0.1, 0.15) is 33.4 Å². The fourth-order valence-corrected chi connectivity index (χ4v) is 4.76. The second-order valence-electron chi connectivity index (χ2n) is 7.22. The summed E-state index contributed by atoms with van der Waals surface area (Å²) in [6.45, 7) is 9.61. The zero-order valence-electron chi connectivity index (χ0n) is 17.1. The molecule has 0 aliphatic carbocycles. The average Bonchev–Trinajstić information content (AvgIpc) is 2.59. The third-order valence-electron chi connectivity index (χ3n) is 5.26. The molecular weight excluding hydrogens is 360 g/mol. The Morgan fingerprint density at radius 2 is 1.30 bits per heavy atom. The van der Waals surface area contributed by atoms with Crippen molar-refractivity contribution in [3.8, 4) is 0 Å². The van der Waals surface area contributed by atoms with Crippen LogP contribution in [0.5, 0.6) is 0 Å². The van der Waals surface area contributed by atoms with Crippen LogP contribution in [0, 0.1) is 34.6 Å². The van der Waals surface area contributed by atoms with Gasteiger partial charge in [-0.1, -0.05) is 12.1 Å². The monoisotopic (exact) mass is 388 g/mol. The smallest absolute Gasteiger partial charge is 0.262 e. The Bertz CT molecular complexity index is 946. The summed E-state index contributed by atoms with van der Waals surface area (Å²) in [5, 5.41) is 0. The first-order valence-corrected chi connectivity index (χ1v) is 10.3. The van der Waals surface area contributed by atoms with Gasteiger partial charge in [-0.15, -0.1) is 0 Å². The zero-order valence-corrected chi connectivity index (χ0v) is 17.9. The molecule has 0 spiro atoms. The van der Waals surface area contributed by atoms with E-state index in [1.165, 1.54) is 4.90 Å². The second-order valence-corrected chi connectivity index (χ2v) is 8.84. The third kappa shape index (κ3) is 4.33. The molecule has 0 aliphatic rings. The van der Waals surface area contributed by atoms with E-state index in [1.807, 2.05) is 34.6 Å². The lowest BCUT2D eigenvalue weighted by Gasteiger charge is -2.19. The number of anilines is 1. The van der Waals surface area contributed by atoms with Crippen molar-refractivity contribution in [2.45, 2.75) is 45.9 Å². The van der Waals surface area contributed by atoms with E-state index in [0.29, 0.717) is 10.6 Å². The van der Waals surface area contributed by atoms with Crippen molar-refractivity contribution in [1.82, 2.24) is 4.90 Å². The number of nitrogens with zero attached hydrogens (tertiary/aromatic N) is 1. The molecule has 0 fully saturated rings. The van der Waals surface area contributed by atoms with E-state index in [2.05, 4.69) is 4.72 Å². The Kier molecular flexibility index (Phi) is 6.00. The average molecular weight is 389 g/mol. The van der Waals surface area contributed by atoms with Gasteiger partial charge in [-0.05, 0) is 80.1 Å². The molecule has 0 aliphatic heterocycles. The van der Waals surface area contributed by atoms with Gasteiger partial charge in [-0.25, -0.2) is 8.42 Å². The molecule has 0 atom stereocenters. The number of sulfonamides is 1. The maximum Gasteiger partial charge on any atom is 0.262 e. The quantitative estimate of drug-likeness (QED) is 0.850. The van der Waals surface area contributed by atoms with Crippen LogP contribution in [-0.4, -0.2) is 33.3 Å². The molecule has 5 nitrogen and oxygen atoms in total. The first-order valence-electron chi connectivity index (χ1n) is 8.84. The predicted octanol–water partition coefficient (Wildman–Crippen LogP) is 3.66. The molecule has 0 aromatic heterocycles. The SMILES string of the molecule is Cc1c(C)c(C)c(S(=O)(=O)Nc2ccc(CC(=O)N(C)C)cc2)c(C)c1C. The molecule has 2 aromatic rings. The van der Waals surface area contributed by atoms with Gasteiger partial charge in [0.05, 0.1) is 11.3 Å². The highest BCUT2D eigenvalue weighted by molar-refractivity contribution is 7.92. The summed E-state index contributed by atoms with van der Waals surface area (Å²) in [5.41, 5.74) is 5.98. The van der Waals surface area contributed by atoms with Crippen molar-refractivity contribution in [3.63, 3.8) is 0 Å². The summed E-state index contributed by atoms with van der Waals surface area (Å²) >= 11 is 0. The Morgan fingerprint density at radius 3 is 1.74 bits per heavy atom. The number of hydrogen-bond donors (Lipinski definition) is 1. The largest absolute Gasteiger partial charge is 0.349 e. The van der Waals surface area contributed by atoms with Crippen molar-refractivity contribution in [3.05, 3.63) is 57.6 Å². The molecule has 0 saturated carbocycles. The van der Waals surface area contributed by atoms with E-state index in [9.17, 15) is 13.2 Å². The van der Waals surface area contributed by atoms with Gasteiger partial charge in [0.1, 0.15) is 0 Å². The van der Waals surface area contributed by atoms with Crippen molar-refractivity contribution in [2.24, 2.45) is 0 Å². The lowest BCUT2D eigenvalue weighted by Crippen LogP contribution is -2.23. The molecule has 146 valence electrons. The van der Waals surface area contributed by atoms with Gasteiger partial charge >= 0.3 is 0 Å². The fraction of sp³-hybridized carbons (Fsp3) is 0.381. The summed E-state index contributed by atoms with van der Waals surface area (Å²) in [5.74, 6) is 0.000172. The predicted molar refractivity (Wildman–Crippen MR) is 110 cm³/mol. The van der Waals surface area contributed by atoms with E-state index in [-0.39, 0.29) is 12.3 Å². The standard InChI is InChI=1S/C21H28N2O3S/c1-13-14(2)16(4)21(17(5)15(13)3)27(25,26)22-19-10-8-18(9-11-19)12-20(24)23(6)7/h8-11,22H,12H2,1-7H3. The first-order chi connectivity index (χ1) is 12.5. The van der Waals surface area contributed by atoms with Gasteiger partial charge < -0.3 is 4.90 Å². The third-order valence-corrected chi connectivity index (χ3v) is 6.91. The minimum atomic E-state index is -3.71. The van der Waals surface area contributed by atoms with Gasteiger partial charge in [0.15, 0.2) is 0 Å². The van der Waals surface area contributed by atoms with Crippen LogP contribution in [0.15, 0.2) is 29.2 Å². The highest BCUT2D eigenvalue weighted by Crippen LogP contribution is 2.30. The molecule has 0 heterocycles. The number of nitrogens with one attached hydrogen (secondary N) is 1. The van der Waals surface area contributed by atoms with Gasteiger partial charge in [0, 0.05) is 19.8 Å². The van der Waals surface area contributed by atoms with Gasteiger partial charge in [-0.2, -0.15) is 0 Å². The molecule has 0 saturated heterocycles. The molecule has 0 unspecified atom stereocenters. The van der Waals surface area contributed by atoms with Crippen LogP contribution in [0.4, 0.5) is 5.69 Å². The van der Waals surface area contributed by atoms with Crippen molar-refractivity contribution in [2.75, 3.05) is 18.8 Å². The highest BCUT2D eigenvalue weighted by atomic mass is 32.2. The summed E-state index contributed by atoms with van der Waals surface area (Å²) in [6, 6.07) is 6.91. The van der Waals surface area contributed by atoms with Crippen molar-refractivity contribution < 1.29 is 13.2 Å². The minimum Gasteiger partial charge on any atom is -0.349 e. The van der Waals surface area contributed by atoms with Crippen LogP contribution in [0.25, 0.3) is 0 Å². The van der Waals surface area contributed by atoms with Gasteiger partial charge in [0.25, 0.3) is 10.0 Å². The maximum absolute atomic E-state index is 13.0. The van der Waals surface area contributed by atoms with Crippen molar-refractivity contribution >= 4 is 21.6 Å². The Labute approximate surface area is 162 Å². The summed E-state index contributed by atoms with van der Waals surface area (Å²) in [4.78, 5) is 13.7. The molecule has 6 heteroatoms. The number of amides is 1. The van der Waals surface area contributed by atoms with E-state index in [0.717, 1.165) is 33.4 Å². The number of likely N-dealkylation sites (N-methyl/N-ethyl adjacent to an activating group) is 1. The number of carbonyl (C=O) groups excluding carboxylic acids is 1. The van der Waals surface area contributed by atoms with Crippen LogP contribution in [0.3, 0.4) is 0 Å². The van der Waals surface area contributed by atoms with Crippen LogP contribution in [0.2, 0.25) is 0 Å². The van der Waals surface area contributed by atoms with E-state index >= 15 is 0 Å². The van der Waals surface area contributed by atoms with Crippen LogP contribution in [-0.2, 0) is 21.2 Å². The molecule has 1 N–H and O–H groups in total. The fourth-order valence-electron chi connectivity index (χ4n) is 3.10. The van der Waals surface area contributed by atoms with Gasteiger partial charge in [-0.3, -0.25) is 9.52 Å². The molecule has 2 rings (SSSR count). The van der Waals surface area contributed by atoms with Crippen molar-refractivity contribution in [1.29, 1.82) is 0 Å². The van der Waals surface area contributed by atoms with Crippen LogP contribution < -0.4 is 4.72 Å². The maximum atomic E-state index is 13.0. The summed E-state index contributed by atoms with van der Waals surface area (Å²) in [7, 11) is -0.292. The molecule has 0 radical (unpaired) electrons. The Morgan fingerprint density at radius 1 is 0.852 bits per heavy atom. The van der Waals surface area contributed by atoms with Crippen LogP contribution >= 0.6 is 0 Å². The second kappa shape index (κ2) is 7.72. The first kappa shape index (κ1) is 21.0. The molecule has 2 aromatic carbocycles. The van der Waals surface area contributed by atoms with Gasteiger partial charge in [0.2, 0.25) is 5.91 Å². The lowest BCUT2D eigenvalue weighted by atomic mass is 9.95. The normalized spacial score (nSPS) is 11.4. The molecule has 1 amide bonds. The van der Waals surface area contributed by atoms with E-state index in [1.54, 1.807) is 38.4 Å². The summed E-state index contributed by atoms with van der Waals surface area (Å²) in [6.07, 6.45) is 0.286.